The van der Waals surface area contributed by atoms with Crippen LogP contribution in [0.2, 0.25) is 0 Å². The number of H-pyrrole nitrogens is 1. The topological polar surface area (TPSA) is 46.0 Å². The van der Waals surface area contributed by atoms with Crippen LogP contribution < -0.4 is 0 Å². The lowest BCUT2D eigenvalue weighted by molar-refractivity contribution is 0.557. The second kappa shape index (κ2) is 1.72. The highest BCUT2D eigenvalue weighted by Crippen LogP contribution is 2.10. The fourth-order valence-electron chi connectivity index (χ4n) is 0.725. The van der Waals surface area contributed by atoms with Crippen molar-refractivity contribution in [1.82, 2.24) is 19.6 Å². The van der Waals surface area contributed by atoms with Crippen molar-refractivity contribution in [3.05, 3.63) is 12.3 Å². The Balaban J connectivity index is 2.95. The monoisotopic (exact) mass is 158 g/mol. The number of hydrogen-bond acceptors (Lipinski definition) is 3. The summed E-state index contributed by atoms with van der Waals surface area (Å²) < 4.78 is 13.8. The Bertz CT molecular complexity index is 364. The molecule has 4 nitrogen and oxygen atoms in total. The molecule has 0 atom stereocenters. The summed E-state index contributed by atoms with van der Waals surface area (Å²) in [5, 5.41) is 2.78. The van der Waals surface area contributed by atoms with Crippen LogP contribution in [0, 0.1) is 5.95 Å². The van der Waals surface area contributed by atoms with Crippen molar-refractivity contribution in [3.63, 3.8) is 0 Å². The number of fused-ring (bicyclic) bond motifs is 1. The molecule has 0 aliphatic rings. The van der Waals surface area contributed by atoms with E-state index in [1.165, 1.54) is 10.8 Å². The summed E-state index contributed by atoms with van der Waals surface area (Å²) >= 11 is 3.84. The number of nitrogens with one attached hydrogen (secondary N) is 1. The molecule has 0 spiro atoms. The fourth-order valence-corrected chi connectivity index (χ4v) is 0.922. The van der Waals surface area contributed by atoms with Crippen LogP contribution in [0.4, 0.5) is 4.39 Å². The van der Waals surface area contributed by atoms with Crippen molar-refractivity contribution < 1.29 is 4.39 Å². The van der Waals surface area contributed by atoms with E-state index in [1.54, 1.807) is 0 Å². The third-order valence-electron chi connectivity index (χ3n) is 1.16. The Morgan fingerprint density at radius 1 is 1.70 bits per heavy atom. The van der Waals surface area contributed by atoms with Crippen LogP contribution in [0.5, 0.6) is 0 Å². The van der Waals surface area contributed by atoms with Crippen molar-refractivity contribution in [2.75, 3.05) is 0 Å². The standard InChI is InChI=1S/C4H3FN4S/c5-2-3(10)9-4(8-2)6-1-7-9/h1,10H,(H,6,7,8). The average molecular weight is 158 g/mol. The van der Waals surface area contributed by atoms with Crippen LogP contribution in [-0.2, 0) is 0 Å². The number of aromatic nitrogens is 4. The Morgan fingerprint density at radius 2 is 2.50 bits per heavy atom. The molecule has 6 heteroatoms. The van der Waals surface area contributed by atoms with E-state index in [-0.39, 0.29) is 5.03 Å². The van der Waals surface area contributed by atoms with Crippen molar-refractivity contribution in [2.45, 2.75) is 5.03 Å². The van der Waals surface area contributed by atoms with Gasteiger partial charge >= 0.3 is 0 Å². The number of halogens is 1. The Kier molecular flexibility index (Phi) is 0.986. The number of nitrogens with zero attached hydrogens (tertiary/aromatic N) is 3. The average Bonchev–Trinajstić information content (AvgIpc) is 2.41. The second-order valence-electron chi connectivity index (χ2n) is 1.75. The molecular formula is C4H3FN4S. The molecule has 52 valence electrons. The fraction of sp³-hybridized carbons (Fsp3) is 0. The molecule has 10 heavy (non-hydrogen) atoms. The summed E-state index contributed by atoms with van der Waals surface area (Å²) in [6.07, 6.45) is 1.42. The zero-order chi connectivity index (χ0) is 7.14. The van der Waals surface area contributed by atoms with Gasteiger partial charge in [-0.15, -0.1) is 12.6 Å². The summed E-state index contributed by atoms with van der Waals surface area (Å²) in [6, 6.07) is 0. The third-order valence-corrected chi connectivity index (χ3v) is 1.55. The first kappa shape index (κ1) is 5.72. The molecular weight excluding hydrogens is 155 g/mol. The molecule has 2 aromatic rings. The van der Waals surface area contributed by atoms with Crippen LogP contribution in [0.3, 0.4) is 0 Å². The minimum atomic E-state index is -0.609. The van der Waals surface area contributed by atoms with Crippen molar-refractivity contribution in [2.24, 2.45) is 0 Å². The van der Waals surface area contributed by atoms with Crippen molar-refractivity contribution in [3.8, 4) is 0 Å². The number of rotatable bonds is 0. The summed E-state index contributed by atoms with van der Waals surface area (Å²) in [6.45, 7) is 0. The van der Waals surface area contributed by atoms with E-state index in [1.807, 2.05) is 0 Å². The lowest BCUT2D eigenvalue weighted by Crippen LogP contribution is -1.82. The van der Waals surface area contributed by atoms with E-state index >= 15 is 0 Å². The molecule has 0 aliphatic heterocycles. The zero-order valence-corrected chi connectivity index (χ0v) is 5.64. The number of aromatic amines is 1. The highest BCUT2D eigenvalue weighted by atomic mass is 32.1. The molecule has 0 saturated heterocycles. The second-order valence-corrected chi connectivity index (χ2v) is 2.17. The van der Waals surface area contributed by atoms with Gasteiger partial charge in [-0.2, -0.15) is 9.37 Å². The summed E-state index contributed by atoms with van der Waals surface area (Å²) in [4.78, 5) is 7.16. The Morgan fingerprint density at radius 3 is 3.20 bits per heavy atom. The van der Waals surface area contributed by atoms with Gasteiger partial charge < -0.3 is 0 Å². The normalized spacial score (nSPS) is 11.0. The van der Waals surface area contributed by atoms with Crippen molar-refractivity contribution >= 4 is 18.4 Å². The molecule has 2 aromatic heterocycles. The minimum absolute atomic E-state index is 0.146. The highest BCUT2D eigenvalue weighted by molar-refractivity contribution is 7.80. The van der Waals surface area contributed by atoms with E-state index in [4.69, 9.17) is 0 Å². The van der Waals surface area contributed by atoms with E-state index in [9.17, 15) is 4.39 Å². The maximum Gasteiger partial charge on any atom is 0.254 e. The molecule has 0 aromatic carbocycles. The largest absolute Gasteiger partial charge is 0.280 e. The lowest BCUT2D eigenvalue weighted by atomic mass is 10.9. The molecule has 0 saturated carbocycles. The van der Waals surface area contributed by atoms with Gasteiger partial charge in [0.1, 0.15) is 6.33 Å². The van der Waals surface area contributed by atoms with Gasteiger partial charge in [0.25, 0.3) is 5.78 Å². The molecule has 2 rings (SSSR count). The van der Waals surface area contributed by atoms with Gasteiger partial charge in [0.15, 0.2) is 5.03 Å². The molecule has 2 heterocycles. The summed E-state index contributed by atoms with van der Waals surface area (Å²) in [5.41, 5.74) is 0. The van der Waals surface area contributed by atoms with E-state index in [0.717, 1.165) is 0 Å². The molecule has 0 amide bonds. The minimum Gasteiger partial charge on any atom is -0.280 e. The lowest BCUT2D eigenvalue weighted by Gasteiger charge is -1.82. The van der Waals surface area contributed by atoms with Gasteiger partial charge in [-0.25, -0.2) is 9.50 Å². The van der Waals surface area contributed by atoms with Gasteiger partial charge in [0.2, 0.25) is 5.95 Å². The van der Waals surface area contributed by atoms with Gasteiger partial charge in [0.05, 0.1) is 0 Å². The van der Waals surface area contributed by atoms with Gasteiger partial charge in [-0.1, -0.05) is 0 Å². The van der Waals surface area contributed by atoms with Gasteiger partial charge in [-0.05, 0) is 0 Å². The molecule has 0 radical (unpaired) electrons. The van der Waals surface area contributed by atoms with E-state index in [2.05, 4.69) is 27.7 Å². The highest BCUT2D eigenvalue weighted by Gasteiger charge is 2.08. The summed E-state index contributed by atoms with van der Waals surface area (Å²) in [5.74, 6) is -0.315. The van der Waals surface area contributed by atoms with E-state index < -0.39 is 5.95 Å². The third kappa shape index (κ3) is 0.563. The quantitative estimate of drug-likeness (QED) is 0.548. The number of thiol groups is 1. The van der Waals surface area contributed by atoms with Gasteiger partial charge in [0, 0.05) is 0 Å². The molecule has 1 N–H and O–H groups in total. The Labute approximate surface area is 60.5 Å². The van der Waals surface area contributed by atoms with Crippen LogP contribution in [-0.4, -0.2) is 19.6 Å². The SMILES string of the molecule is Fc1nc2nc[nH]n2c1S. The summed E-state index contributed by atoms with van der Waals surface area (Å²) in [7, 11) is 0. The molecule has 0 aliphatic carbocycles. The maximum atomic E-state index is 12.5. The van der Waals surface area contributed by atoms with Crippen LogP contribution >= 0.6 is 12.6 Å². The molecule has 0 unspecified atom stereocenters. The number of imidazole rings is 1. The predicted molar refractivity (Wildman–Crippen MR) is 34.5 cm³/mol. The van der Waals surface area contributed by atoms with Gasteiger partial charge in [-0.3, -0.25) is 5.10 Å². The van der Waals surface area contributed by atoms with Crippen LogP contribution in [0.25, 0.3) is 5.78 Å². The van der Waals surface area contributed by atoms with Crippen LogP contribution in [0.1, 0.15) is 0 Å². The smallest absolute Gasteiger partial charge is 0.254 e. The van der Waals surface area contributed by atoms with E-state index in [0.29, 0.717) is 5.78 Å². The molecule has 0 bridgehead atoms. The first-order chi connectivity index (χ1) is 4.79. The first-order valence-corrected chi connectivity index (χ1v) is 3.00. The van der Waals surface area contributed by atoms with Crippen LogP contribution in [0.15, 0.2) is 11.4 Å². The first-order valence-electron chi connectivity index (χ1n) is 2.55. The maximum absolute atomic E-state index is 12.5. The zero-order valence-electron chi connectivity index (χ0n) is 4.74. The number of hydrogen-bond donors (Lipinski definition) is 2. The molecule has 0 fully saturated rings. The Hall–Kier alpha value is -1.04. The predicted octanol–water partition coefficient (Wildman–Crippen LogP) is 0.485. The van der Waals surface area contributed by atoms with Crippen molar-refractivity contribution in [1.29, 1.82) is 0 Å².